The highest BCUT2D eigenvalue weighted by atomic mass is 16.8. The summed E-state index contributed by atoms with van der Waals surface area (Å²) >= 11 is 0. The molecule has 0 saturated carbocycles. The quantitative estimate of drug-likeness (QED) is 0.0806. The molecule has 14 heteroatoms. The second kappa shape index (κ2) is 14.7. The van der Waals surface area contributed by atoms with Gasteiger partial charge >= 0.3 is 0 Å². The Morgan fingerprint density at radius 2 is 1.23 bits per heavy atom. The van der Waals surface area contributed by atoms with Crippen molar-refractivity contribution >= 4 is 0 Å². The van der Waals surface area contributed by atoms with E-state index in [-0.39, 0.29) is 33.0 Å². The van der Waals surface area contributed by atoms with Crippen LogP contribution in [0.1, 0.15) is 0 Å². The minimum atomic E-state index is -2.42. The average Bonchev–Trinajstić information content (AvgIpc) is 2.86. The van der Waals surface area contributed by atoms with Crippen LogP contribution >= 0.6 is 0 Å². The van der Waals surface area contributed by atoms with Crippen molar-refractivity contribution < 1.29 is 69.3 Å². The predicted octanol–water partition coefficient (Wildman–Crippen LogP) is -5.30. The Balaban J connectivity index is 2.04. The summed E-state index contributed by atoms with van der Waals surface area (Å²) in [4.78, 5) is 0. The zero-order valence-electron chi connectivity index (χ0n) is 19.2. The van der Waals surface area contributed by atoms with E-state index in [1.807, 2.05) is 0 Å². The zero-order valence-corrected chi connectivity index (χ0v) is 19.2. The third-order valence-electron chi connectivity index (χ3n) is 5.76. The van der Waals surface area contributed by atoms with E-state index >= 15 is 0 Å². The van der Waals surface area contributed by atoms with Crippen molar-refractivity contribution in [3.8, 4) is 12.3 Å². The van der Waals surface area contributed by atoms with Crippen LogP contribution in [0.2, 0.25) is 0 Å². The monoisotopic (exact) mass is 512 g/mol. The second-order valence-electron chi connectivity index (χ2n) is 8.07. The van der Waals surface area contributed by atoms with Crippen LogP contribution in [0.4, 0.5) is 0 Å². The lowest BCUT2D eigenvalue weighted by Crippen LogP contribution is -2.76. The van der Waals surface area contributed by atoms with Gasteiger partial charge in [0, 0.05) is 0 Å². The van der Waals surface area contributed by atoms with E-state index < -0.39 is 73.9 Å². The molecule has 2 heterocycles. The molecule has 0 aliphatic carbocycles. The van der Waals surface area contributed by atoms with Crippen molar-refractivity contribution in [2.45, 2.75) is 60.7 Å². The molecule has 14 nitrogen and oxygen atoms in total. The third-order valence-corrected chi connectivity index (χ3v) is 5.76. The number of aliphatic hydroxyl groups excluding tert-OH is 8. The number of terminal acetylenes is 1. The summed E-state index contributed by atoms with van der Waals surface area (Å²) in [5.41, 5.74) is 0. The van der Waals surface area contributed by atoms with Gasteiger partial charge in [0.05, 0.1) is 52.9 Å². The summed E-state index contributed by atoms with van der Waals surface area (Å²) in [5, 5.41) is 81.2. The Bertz CT molecular complexity index is 642. The molecule has 35 heavy (non-hydrogen) atoms. The first-order valence-corrected chi connectivity index (χ1v) is 11.2. The van der Waals surface area contributed by atoms with E-state index in [4.69, 9.17) is 34.8 Å². The molecule has 8 N–H and O–H groups in total. The molecule has 0 aromatic heterocycles. The molecule has 0 spiro atoms. The zero-order chi connectivity index (χ0) is 26.0. The minimum Gasteiger partial charge on any atom is -0.394 e. The van der Waals surface area contributed by atoms with Gasteiger partial charge in [-0.1, -0.05) is 5.92 Å². The number of ether oxygens (including phenoxy) is 6. The SMILES string of the molecule is C#CCOCCOCCOCCO[C@]1([C@@H]2O[C@H](CO)[C@H](O)[C@H](O)[C@H]2O)O[C@H](CO)[C@@H](O)[C@H](O)[C@H]1O. The van der Waals surface area contributed by atoms with Gasteiger partial charge in [0.1, 0.15) is 61.5 Å². The summed E-state index contributed by atoms with van der Waals surface area (Å²) in [6.45, 7) is -0.721. The van der Waals surface area contributed by atoms with Crippen molar-refractivity contribution in [3.05, 3.63) is 0 Å². The predicted molar refractivity (Wildman–Crippen MR) is 114 cm³/mol. The van der Waals surface area contributed by atoms with Crippen LogP contribution in [-0.4, -0.2) is 161 Å². The van der Waals surface area contributed by atoms with Crippen molar-refractivity contribution in [2.24, 2.45) is 0 Å². The summed E-state index contributed by atoms with van der Waals surface area (Å²) in [7, 11) is 0. The summed E-state index contributed by atoms with van der Waals surface area (Å²) in [6.07, 6.45) is -10.6. The topological polar surface area (TPSA) is 217 Å². The highest BCUT2D eigenvalue weighted by Gasteiger charge is 2.64. The second-order valence-corrected chi connectivity index (χ2v) is 8.07. The lowest BCUT2D eigenvalue weighted by Gasteiger charge is -2.54. The highest BCUT2D eigenvalue weighted by Crippen LogP contribution is 2.40. The number of aliphatic hydroxyl groups is 8. The molecule has 2 rings (SSSR count). The number of hydrogen-bond acceptors (Lipinski definition) is 14. The molecule has 10 atom stereocenters. The summed E-state index contributed by atoms with van der Waals surface area (Å²) < 4.78 is 32.5. The largest absolute Gasteiger partial charge is 0.394 e. The fourth-order valence-corrected chi connectivity index (χ4v) is 3.87. The molecule has 0 bridgehead atoms. The van der Waals surface area contributed by atoms with E-state index in [0.29, 0.717) is 13.2 Å². The van der Waals surface area contributed by atoms with Gasteiger partial charge in [-0.25, -0.2) is 0 Å². The lowest BCUT2D eigenvalue weighted by atomic mass is 9.83. The minimum absolute atomic E-state index is 0.0748. The molecule has 0 aromatic carbocycles. The maximum absolute atomic E-state index is 10.8. The summed E-state index contributed by atoms with van der Waals surface area (Å²) in [5.74, 6) is -0.0992. The van der Waals surface area contributed by atoms with Crippen LogP contribution in [0, 0.1) is 12.3 Å². The molecule has 204 valence electrons. The lowest BCUT2D eigenvalue weighted by molar-refractivity contribution is -0.418. The van der Waals surface area contributed by atoms with Crippen LogP contribution in [-0.2, 0) is 28.4 Å². The molecule has 0 radical (unpaired) electrons. The normalized spacial score (nSPS) is 39.9. The molecular formula is C21H36O14. The highest BCUT2D eigenvalue weighted by molar-refractivity contribution is 5.07. The molecule has 2 aliphatic rings. The van der Waals surface area contributed by atoms with Gasteiger partial charge in [0.25, 0.3) is 0 Å². The maximum atomic E-state index is 10.8. The van der Waals surface area contributed by atoms with E-state index in [9.17, 15) is 40.9 Å². The molecule has 0 aromatic rings. The number of hydrogen-bond donors (Lipinski definition) is 8. The standard InChI is InChI=1S/C21H36O14/c1-2-3-30-4-5-31-6-7-32-8-9-33-21(19(29)17(27)15(25)13(11-23)35-21)20-18(28)16(26)14(24)12(10-22)34-20/h1,12-20,22-29H,3-11H2/t12-,13-,14+,15-,16+,17+,18-,19-,20-,21+/m1/s1. The van der Waals surface area contributed by atoms with Gasteiger partial charge in [-0.3, -0.25) is 0 Å². The first-order chi connectivity index (χ1) is 16.7. The van der Waals surface area contributed by atoms with Gasteiger partial charge in [0.2, 0.25) is 5.79 Å². The van der Waals surface area contributed by atoms with Crippen molar-refractivity contribution in [1.82, 2.24) is 0 Å². The van der Waals surface area contributed by atoms with Gasteiger partial charge in [-0.05, 0) is 0 Å². The fourth-order valence-electron chi connectivity index (χ4n) is 3.87. The molecule has 2 fully saturated rings. The van der Waals surface area contributed by atoms with Crippen molar-refractivity contribution in [2.75, 3.05) is 59.5 Å². The van der Waals surface area contributed by atoms with Crippen LogP contribution < -0.4 is 0 Å². The van der Waals surface area contributed by atoms with Gasteiger partial charge in [0.15, 0.2) is 0 Å². The van der Waals surface area contributed by atoms with E-state index in [1.165, 1.54) is 0 Å². The molecule has 0 amide bonds. The fraction of sp³-hybridized carbons (Fsp3) is 0.905. The van der Waals surface area contributed by atoms with Gasteiger partial charge in [-0.2, -0.15) is 0 Å². The van der Waals surface area contributed by atoms with Gasteiger partial charge in [-0.15, -0.1) is 6.42 Å². The van der Waals surface area contributed by atoms with Crippen LogP contribution in [0.3, 0.4) is 0 Å². The molecule has 2 saturated heterocycles. The summed E-state index contributed by atoms with van der Waals surface area (Å²) in [6, 6.07) is 0. The Labute approximate surface area is 202 Å². The van der Waals surface area contributed by atoms with Crippen LogP contribution in [0.15, 0.2) is 0 Å². The van der Waals surface area contributed by atoms with Gasteiger partial charge < -0.3 is 69.3 Å². The van der Waals surface area contributed by atoms with E-state index in [1.54, 1.807) is 0 Å². The Hall–Kier alpha value is -1.00. The smallest absolute Gasteiger partial charge is 0.227 e. The third kappa shape index (κ3) is 7.28. The van der Waals surface area contributed by atoms with Crippen molar-refractivity contribution in [3.63, 3.8) is 0 Å². The molecular weight excluding hydrogens is 476 g/mol. The number of rotatable bonds is 14. The first kappa shape index (κ1) is 30.2. The molecule has 0 unspecified atom stereocenters. The average molecular weight is 513 g/mol. The van der Waals surface area contributed by atoms with Crippen LogP contribution in [0.5, 0.6) is 0 Å². The Morgan fingerprint density at radius 1 is 0.686 bits per heavy atom. The first-order valence-electron chi connectivity index (χ1n) is 11.2. The van der Waals surface area contributed by atoms with Crippen molar-refractivity contribution in [1.29, 1.82) is 0 Å². The Kier molecular flexibility index (Phi) is 12.7. The van der Waals surface area contributed by atoms with E-state index in [0.717, 1.165) is 0 Å². The van der Waals surface area contributed by atoms with Crippen LogP contribution in [0.25, 0.3) is 0 Å². The van der Waals surface area contributed by atoms with E-state index in [2.05, 4.69) is 5.92 Å². The Morgan fingerprint density at radius 3 is 1.80 bits per heavy atom. The molecule has 2 aliphatic heterocycles. The maximum Gasteiger partial charge on any atom is 0.227 e.